The first-order valence-electron chi connectivity index (χ1n) is 36.6. The number of carbonyl (C=O) groups excluding carboxylic acids is 2. The van der Waals surface area contributed by atoms with Crippen LogP contribution in [-0.4, -0.2) is 87.4 Å². The number of aliphatic carboxylic acids is 1. The highest BCUT2D eigenvalue weighted by atomic mass is 16.7. The maximum Gasteiger partial charge on any atom is 0.361 e. The zero-order valence-corrected chi connectivity index (χ0v) is 58.9. The van der Waals surface area contributed by atoms with Crippen LogP contribution in [0.25, 0.3) is 0 Å². The standard InChI is InChI=1S/C82H135NO8/c1-6-8-10-12-14-16-18-20-22-24-26-28-30-32-34-36-37-38-39-40-41-42-43-45-47-49-51-53-55-57-59-61-63-65-67-69-71-73-80(85)91-78(77-90-82(81(86)87)88-75-74-83(3,4)5)76-89-79(84)72-70-68-66-64-62-60-58-56-54-52-50-48-46-44-35-33-31-29-27-25-23-21-19-17-15-13-11-9-7-2/h8,10,14,16,19-22,25-28,31-34,37-38,40-41,43,45,49,51,55,57,78,82H,6-7,9,11-13,15,17-18,23-24,29-30,35-36,39,42,44,46-48,50,52-54,56,58-77H2,1-5H3/p+1/b10-8-,16-14-,21-19-,22-20-,27-25-,28-26-,33-31-,34-32-,38-37-,41-40-,45-43-,51-49-,57-55-. The highest BCUT2D eigenvalue weighted by Crippen LogP contribution is 2.16. The fourth-order valence-corrected chi connectivity index (χ4v) is 9.70. The van der Waals surface area contributed by atoms with Gasteiger partial charge in [-0.3, -0.25) is 9.59 Å². The van der Waals surface area contributed by atoms with Gasteiger partial charge in [-0.1, -0.05) is 300 Å². The number of hydrogen-bond donors (Lipinski definition) is 1. The normalized spacial score (nSPS) is 13.6. The summed E-state index contributed by atoms with van der Waals surface area (Å²) >= 11 is 0. The molecule has 0 bridgehead atoms. The number of ether oxygens (including phenoxy) is 4. The number of esters is 2. The molecule has 91 heavy (non-hydrogen) atoms. The van der Waals surface area contributed by atoms with E-state index >= 15 is 0 Å². The van der Waals surface area contributed by atoms with Crippen LogP contribution in [0.2, 0.25) is 0 Å². The lowest BCUT2D eigenvalue weighted by atomic mass is 10.0. The molecule has 0 saturated heterocycles. The first-order chi connectivity index (χ1) is 44.6. The molecule has 0 aromatic heterocycles. The zero-order valence-electron chi connectivity index (χ0n) is 58.9. The Bertz CT molecular complexity index is 2060. The van der Waals surface area contributed by atoms with Gasteiger partial charge in [0.2, 0.25) is 0 Å². The van der Waals surface area contributed by atoms with E-state index in [1.54, 1.807) is 0 Å². The molecule has 516 valence electrons. The van der Waals surface area contributed by atoms with Crippen molar-refractivity contribution in [1.82, 2.24) is 0 Å². The molecule has 0 amide bonds. The molecule has 9 heteroatoms. The number of hydrogen-bond acceptors (Lipinski definition) is 7. The largest absolute Gasteiger partial charge is 0.477 e. The first kappa shape index (κ1) is 85.9. The number of rotatable bonds is 66. The Morgan fingerprint density at radius 3 is 0.934 bits per heavy atom. The highest BCUT2D eigenvalue weighted by molar-refractivity contribution is 5.71. The van der Waals surface area contributed by atoms with Gasteiger partial charge in [0.25, 0.3) is 6.29 Å². The minimum Gasteiger partial charge on any atom is -0.477 e. The minimum absolute atomic E-state index is 0.177. The van der Waals surface area contributed by atoms with Crippen LogP contribution < -0.4 is 0 Å². The molecule has 0 aromatic rings. The molecule has 9 nitrogen and oxygen atoms in total. The topological polar surface area (TPSA) is 108 Å². The van der Waals surface area contributed by atoms with Crippen LogP contribution in [0.5, 0.6) is 0 Å². The SMILES string of the molecule is CC/C=C\C/C=C\C/C=C\C/C=C\C/C=C\C/C=C\C/C=C\C/C=C\C/C=C\C/C=C\CCCCCCCCC(=O)OC(COC(=O)CCCCCCCCCCCCCCCC/C=C\C/C=C\C/C=C\CCCCCCC)COC(OCC[N+](C)(C)C)C(=O)O. The first-order valence-corrected chi connectivity index (χ1v) is 36.6. The van der Waals surface area contributed by atoms with Gasteiger partial charge in [0.1, 0.15) is 13.2 Å². The number of carboxylic acids is 1. The highest BCUT2D eigenvalue weighted by Gasteiger charge is 2.25. The predicted molar refractivity (Wildman–Crippen MR) is 391 cm³/mol. The molecular formula is C82H136NO8+. The average molecular weight is 1260 g/mol. The van der Waals surface area contributed by atoms with Crippen molar-refractivity contribution < 1.29 is 42.9 Å². The van der Waals surface area contributed by atoms with Gasteiger partial charge in [-0.25, -0.2) is 4.79 Å². The maximum atomic E-state index is 13.0. The molecular weight excluding hydrogens is 1130 g/mol. The Kier molecular flexibility index (Phi) is 66.8. The molecule has 0 heterocycles. The Hall–Kier alpha value is -5.09. The Morgan fingerprint density at radius 1 is 0.341 bits per heavy atom. The van der Waals surface area contributed by atoms with E-state index < -0.39 is 24.3 Å². The third-order valence-corrected chi connectivity index (χ3v) is 15.3. The van der Waals surface area contributed by atoms with Crippen LogP contribution in [0.1, 0.15) is 284 Å². The summed E-state index contributed by atoms with van der Waals surface area (Å²) in [6, 6.07) is 0. The molecule has 0 saturated carbocycles. The van der Waals surface area contributed by atoms with Crippen LogP contribution in [0.4, 0.5) is 0 Å². The molecule has 0 radical (unpaired) electrons. The third-order valence-electron chi connectivity index (χ3n) is 15.3. The smallest absolute Gasteiger partial charge is 0.361 e. The van der Waals surface area contributed by atoms with Gasteiger partial charge in [0.05, 0.1) is 34.4 Å². The van der Waals surface area contributed by atoms with Crippen LogP contribution >= 0.6 is 0 Å². The van der Waals surface area contributed by atoms with Crippen molar-refractivity contribution >= 4 is 17.9 Å². The van der Waals surface area contributed by atoms with E-state index in [1.165, 1.54) is 116 Å². The molecule has 1 N–H and O–H groups in total. The Balaban J connectivity index is 4.20. The van der Waals surface area contributed by atoms with Crippen molar-refractivity contribution in [1.29, 1.82) is 0 Å². The van der Waals surface area contributed by atoms with Crippen molar-refractivity contribution in [2.45, 2.75) is 296 Å². The molecule has 0 aliphatic heterocycles. The van der Waals surface area contributed by atoms with Crippen LogP contribution in [0.3, 0.4) is 0 Å². The van der Waals surface area contributed by atoms with Gasteiger partial charge in [-0.15, -0.1) is 0 Å². The Morgan fingerprint density at radius 2 is 0.626 bits per heavy atom. The summed E-state index contributed by atoms with van der Waals surface area (Å²) in [4.78, 5) is 37.7. The predicted octanol–water partition coefficient (Wildman–Crippen LogP) is 23.2. The number of carbonyl (C=O) groups is 3. The van der Waals surface area contributed by atoms with E-state index in [2.05, 4.69) is 172 Å². The van der Waals surface area contributed by atoms with E-state index in [-0.39, 0.29) is 38.6 Å². The number of unbranched alkanes of at least 4 members (excludes halogenated alkanes) is 25. The summed E-state index contributed by atoms with van der Waals surface area (Å²) in [6.45, 7) is 4.73. The average Bonchev–Trinajstić information content (AvgIpc) is 3.50. The monoisotopic (exact) mass is 1260 g/mol. The van der Waals surface area contributed by atoms with E-state index in [0.29, 0.717) is 17.4 Å². The lowest BCUT2D eigenvalue weighted by molar-refractivity contribution is -0.870. The van der Waals surface area contributed by atoms with Gasteiger partial charge < -0.3 is 28.5 Å². The van der Waals surface area contributed by atoms with Crippen molar-refractivity contribution in [2.75, 3.05) is 47.5 Å². The Labute approximate surface area is 559 Å². The molecule has 0 aliphatic carbocycles. The summed E-state index contributed by atoms with van der Waals surface area (Å²) in [5, 5.41) is 9.76. The molecule has 0 fully saturated rings. The van der Waals surface area contributed by atoms with Crippen LogP contribution in [-0.2, 0) is 33.3 Å². The van der Waals surface area contributed by atoms with Gasteiger partial charge >= 0.3 is 17.9 Å². The number of likely N-dealkylation sites (N-methyl/N-ethyl adjacent to an activating group) is 1. The summed E-state index contributed by atoms with van der Waals surface area (Å²) < 4.78 is 23.0. The molecule has 0 spiro atoms. The summed E-state index contributed by atoms with van der Waals surface area (Å²) in [7, 11) is 5.96. The van der Waals surface area contributed by atoms with Crippen molar-refractivity contribution in [2.24, 2.45) is 0 Å². The van der Waals surface area contributed by atoms with Crippen molar-refractivity contribution in [3.8, 4) is 0 Å². The summed E-state index contributed by atoms with van der Waals surface area (Å²) in [5.41, 5.74) is 0. The second kappa shape index (κ2) is 70.8. The molecule has 2 unspecified atom stereocenters. The number of carboxylic acid groups (broad SMARTS) is 1. The van der Waals surface area contributed by atoms with E-state index in [1.807, 2.05) is 21.1 Å². The van der Waals surface area contributed by atoms with Crippen LogP contribution in [0.15, 0.2) is 158 Å². The fraction of sp³-hybridized carbons (Fsp3) is 0.646. The molecule has 0 aromatic carbocycles. The van der Waals surface area contributed by atoms with Gasteiger partial charge in [0, 0.05) is 12.8 Å². The quantitative estimate of drug-likeness (QED) is 0.0211. The molecule has 0 rings (SSSR count). The fourth-order valence-electron chi connectivity index (χ4n) is 9.70. The minimum atomic E-state index is -1.53. The molecule has 2 atom stereocenters. The lowest BCUT2D eigenvalue weighted by Crippen LogP contribution is -2.40. The van der Waals surface area contributed by atoms with Crippen molar-refractivity contribution in [3.63, 3.8) is 0 Å². The summed E-state index contributed by atoms with van der Waals surface area (Å²) in [6.07, 6.45) is 102. The lowest BCUT2D eigenvalue weighted by Gasteiger charge is -2.25. The van der Waals surface area contributed by atoms with Gasteiger partial charge in [0.15, 0.2) is 6.10 Å². The van der Waals surface area contributed by atoms with E-state index in [9.17, 15) is 19.5 Å². The van der Waals surface area contributed by atoms with Gasteiger partial charge in [-0.2, -0.15) is 0 Å². The zero-order chi connectivity index (χ0) is 66.1. The van der Waals surface area contributed by atoms with Gasteiger partial charge in [-0.05, 0) is 128 Å². The maximum absolute atomic E-state index is 13.0. The second-order valence-electron chi connectivity index (χ2n) is 25.2. The second-order valence-corrected chi connectivity index (χ2v) is 25.2. The number of quaternary nitrogens is 1. The van der Waals surface area contributed by atoms with E-state index in [0.717, 1.165) is 135 Å². The number of allylic oxidation sites excluding steroid dienone is 26. The number of nitrogens with zero attached hydrogens (tertiary/aromatic N) is 1. The third kappa shape index (κ3) is 72.2. The van der Waals surface area contributed by atoms with Crippen molar-refractivity contribution in [3.05, 3.63) is 158 Å². The van der Waals surface area contributed by atoms with E-state index in [4.69, 9.17) is 18.9 Å². The molecule has 0 aliphatic rings. The van der Waals surface area contributed by atoms with Crippen LogP contribution in [0, 0.1) is 0 Å². The summed E-state index contributed by atoms with van der Waals surface area (Å²) in [5.74, 6) is -2.03.